The van der Waals surface area contributed by atoms with Crippen LogP contribution in [0.25, 0.3) is 0 Å². The van der Waals surface area contributed by atoms with Crippen molar-refractivity contribution >= 4 is 5.71 Å². The number of rotatable bonds is 6. The standard InChI is InChI=1S/C21H19F3N4O2/c22-21(23,24)17-8-6-16(7-9-17)20-19(28-14-25-13-26-28)10-18(30-27-20)12-29-11-15-4-2-1-3-5-15/h1-9,13-14,18-19H,10-12H2. The van der Waals surface area contributed by atoms with Gasteiger partial charge in [-0.2, -0.15) is 18.3 Å². The third-order valence-corrected chi connectivity index (χ3v) is 4.78. The second-order valence-electron chi connectivity index (χ2n) is 6.91. The number of halogens is 3. The molecule has 2 heterocycles. The molecule has 0 N–H and O–H groups in total. The van der Waals surface area contributed by atoms with Crippen molar-refractivity contribution in [2.45, 2.75) is 31.3 Å². The maximum absolute atomic E-state index is 12.9. The molecule has 2 unspecified atom stereocenters. The van der Waals surface area contributed by atoms with Crippen LogP contribution >= 0.6 is 0 Å². The van der Waals surface area contributed by atoms with Gasteiger partial charge in [-0.15, -0.1) is 0 Å². The summed E-state index contributed by atoms with van der Waals surface area (Å²) in [6.45, 7) is 0.772. The van der Waals surface area contributed by atoms with Crippen LogP contribution in [0, 0.1) is 0 Å². The predicted octanol–water partition coefficient (Wildman–Crippen LogP) is 4.25. The number of aromatic nitrogens is 3. The highest BCUT2D eigenvalue weighted by Gasteiger charge is 2.33. The first kappa shape index (κ1) is 20.1. The summed E-state index contributed by atoms with van der Waals surface area (Å²) < 4.78 is 46.0. The number of ether oxygens (including phenoxy) is 1. The first-order chi connectivity index (χ1) is 14.5. The van der Waals surface area contributed by atoms with E-state index in [1.54, 1.807) is 11.0 Å². The van der Waals surface area contributed by atoms with E-state index < -0.39 is 11.7 Å². The number of alkyl halides is 3. The highest BCUT2D eigenvalue weighted by atomic mass is 19.4. The summed E-state index contributed by atoms with van der Waals surface area (Å²) in [5.74, 6) is 0. The van der Waals surface area contributed by atoms with E-state index >= 15 is 0 Å². The van der Waals surface area contributed by atoms with Crippen molar-refractivity contribution in [2.75, 3.05) is 6.61 Å². The molecule has 1 aliphatic heterocycles. The van der Waals surface area contributed by atoms with Crippen molar-refractivity contribution in [3.05, 3.63) is 83.9 Å². The van der Waals surface area contributed by atoms with Gasteiger partial charge in [0.05, 0.1) is 18.8 Å². The van der Waals surface area contributed by atoms with Gasteiger partial charge < -0.3 is 9.57 Å². The van der Waals surface area contributed by atoms with Crippen LogP contribution in [0.5, 0.6) is 0 Å². The van der Waals surface area contributed by atoms with Gasteiger partial charge in [0, 0.05) is 12.0 Å². The van der Waals surface area contributed by atoms with Gasteiger partial charge in [0.2, 0.25) is 0 Å². The van der Waals surface area contributed by atoms with Crippen LogP contribution in [0.1, 0.15) is 29.2 Å². The Hall–Kier alpha value is -3.20. The molecular formula is C21H19F3N4O2. The lowest BCUT2D eigenvalue weighted by Crippen LogP contribution is -2.33. The molecule has 2 atom stereocenters. The average molecular weight is 416 g/mol. The van der Waals surface area contributed by atoms with Crippen LogP contribution in [0.4, 0.5) is 13.2 Å². The summed E-state index contributed by atoms with van der Waals surface area (Å²) in [4.78, 5) is 9.56. The highest BCUT2D eigenvalue weighted by molar-refractivity contribution is 6.03. The van der Waals surface area contributed by atoms with E-state index in [0.29, 0.717) is 30.9 Å². The summed E-state index contributed by atoms with van der Waals surface area (Å²) in [5, 5.41) is 8.39. The molecule has 0 saturated carbocycles. The van der Waals surface area contributed by atoms with Crippen molar-refractivity contribution < 1.29 is 22.7 Å². The SMILES string of the molecule is FC(F)(F)c1ccc(C2=NOC(COCc3ccccc3)CC2n2cncn2)cc1. The van der Waals surface area contributed by atoms with Gasteiger partial charge >= 0.3 is 6.18 Å². The lowest BCUT2D eigenvalue weighted by Gasteiger charge is -2.28. The Labute approximate surface area is 170 Å². The normalized spacial score (nSPS) is 19.2. The minimum absolute atomic E-state index is 0.318. The summed E-state index contributed by atoms with van der Waals surface area (Å²) in [6.07, 6.45) is -1.26. The molecule has 0 fully saturated rings. The van der Waals surface area contributed by atoms with Gasteiger partial charge in [-0.1, -0.05) is 47.6 Å². The Kier molecular flexibility index (Phi) is 5.80. The van der Waals surface area contributed by atoms with Crippen LogP contribution in [0.2, 0.25) is 0 Å². The molecule has 9 heteroatoms. The Balaban J connectivity index is 1.49. The molecule has 2 aromatic carbocycles. The monoisotopic (exact) mass is 416 g/mol. The molecule has 4 rings (SSSR count). The Morgan fingerprint density at radius 3 is 2.50 bits per heavy atom. The zero-order valence-electron chi connectivity index (χ0n) is 15.9. The minimum atomic E-state index is -4.39. The predicted molar refractivity (Wildman–Crippen MR) is 103 cm³/mol. The Morgan fingerprint density at radius 2 is 1.83 bits per heavy atom. The minimum Gasteiger partial charge on any atom is -0.390 e. The second kappa shape index (κ2) is 8.66. The molecule has 0 amide bonds. The van der Waals surface area contributed by atoms with E-state index in [0.717, 1.165) is 17.7 Å². The Bertz CT molecular complexity index is 974. The van der Waals surface area contributed by atoms with Gasteiger partial charge in [-0.3, -0.25) is 0 Å². The summed E-state index contributed by atoms with van der Waals surface area (Å²) in [6, 6.07) is 14.3. The number of oxime groups is 1. The fourth-order valence-electron chi connectivity index (χ4n) is 3.26. The molecular weight excluding hydrogens is 397 g/mol. The van der Waals surface area contributed by atoms with Crippen molar-refractivity contribution in [2.24, 2.45) is 5.16 Å². The van der Waals surface area contributed by atoms with Gasteiger partial charge in [0.15, 0.2) is 6.10 Å². The molecule has 0 aliphatic carbocycles. The van der Waals surface area contributed by atoms with E-state index in [1.165, 1.54) is 18.5 Å². The molecule has 3 aromatic rings. The highest BCUT2D eigenvalue weighted by Crippen LogP contribution is 2.31. The first-order valence-electron chi connectivity index (χ1n) is 9.38. The smallest absolute Gasteiger partial charge is 0.390 e. The van der Waals surface area contributed by atoms with Gasteiger partial charge in [0.1, 0.15) is 24.4 Å². The third kappa shape index (κ3) is 4.68. The molecule has 0 spiro atoms. The fourth-order valence-corrected chi connectivity index (χ4v) is 3.26. The van der Waals surface area contributed by atoms with Gasteiger partial charge in [0.25, 0.3) is 0 Å². The molecule has 30 heavy (non-hydrogen) atoms. The van der Waals surface area contributed by atoms with E-state index in [-0.39, 0.29) is 12.1 Å². The van der Waals surface area contributed by atoms with Crippen LogP contribution in [0.3, 0.4) is 0 Å². The average Bonchev–Trinajstić information content (AvgIpc) is 3.29. The van der Waals surface area contributed by atoms with Crippen molar-refractivity contribution in [3.8, 4) is 0 Å². The van der Waals surface area contributed by atoms with Crippen LogP contribution in [-0.4, -0.2) is 33.2 Å². The molecule has 1 aliphatic rings. The Morgan fingerprint density at radius 1 is 1.07 bits per heavy atom. The van der Waals surface area contributed by atoms with Crippen LogP contribution in [0.15, 0.2) is 72.4 Å². The third-order valence-electron chi connectivity index (χ3n) is 4.78. The van der Waals surface area contributed by atoms with Crippen molar-refractivity contribution in [1.29, 1.82) is 0 Å². The quantitative estimate of drug-likeness (QED) is 0.603. The number of benzene rings is 2. The fraction of sp³-hybridized carbons (Fsp3) is 0.286. The number of hydrogen-bond donors (Lipinski definition) is 0. The molecule has 0 saturated heterocycles. The lowest BCUT2D eigenvalue weighted by molar-refractivity contribution is -0.137. The maximum atomic E-state index is 12.9. The zero-order chi connectivity index (χ0) is 21.0. The molecule has 0 radical (unpaired) electrons. The number of nitrogens with zero attached hydrogens (tertiary/aromatic N) is 4. The topological polar surface area (TPSA) is 61.5 Å². The van der Waals surface area contributed by atoms with E-state index in [2.05, 4.69) is 15.2 Å². The molecule has 156 valence electrons. The molecule has 0 bridgehead atoms. The lowest BCUT2D eigenvalue weighted by atomic mass is 9.96. The maximum Gasteiger partial charge on any atom is 0.416 e. The summed E-state index contributed by atoms with van der Waals surface area (Å²) in [7, 11) is 0. The van der Waals surface area contributed by atoms with E-state index in [1.807, 2.05) is 30.3 Å². The summed E-state index contributed by atoms with van der Waals surface area (Å²) >= 11 is 0. The number of hydrogen-bond acceptors (Lipinski definition) is 5. The van der Waals surface area contributed by atoms with E-state index in [9.17, 15) is 13.2 Å². The van der Waals surface area contributed by atoms with Crippen LogP contribution in [-0.2, 0) is 22.4 Å². The molecule has 6 nitrogen and oxygen atoms in total. The molecule has 1 aromatic heterocycles. The van der Waals surface area contributed by atoms with Gasteiger partial charge in [-0.05, 0) is 17.7 Å². The van der Waals surface area contributed by atoms with Gasteiger partial charge in [-0.25, -0.2) is 9.67 Å². The van der Waals surface area contributed by atoms with E-state index in [4.69, 9.17) is 9.57 Å². The second-order valence-corrected chi connectivity index (χ2v) is 6.91. The van der Waals surface area contributed by atoms with Crippen LogP contribution < -0.4 is 0 Å². The largest absolute Gasteiger partial charge is 0.416 e. The zero-order valence-corrected chi connectivity index (χ0v) is 15.9. The summed E-state index contributed by atoms with van der Waals surface area (Å²) in [5.41, 5.74) is 1.36. The van der Waals surface area contributed by atoms with Crippen molar-refractivity contribution in [3.63, 3.8) is 0 Å². The first-order valence-corrected chi connectivity index (χ1v) is 9.38. The van der Waals surface area contributed by atoms with Crippen molar-refractivity contribution in [1.82, 2.24) is 14.8 Å².